The number of sulfonamides is 1. The highest BCUT2D eigenvalue weighted by Crippen LogP contribution is 2.29. The zero-order valence-corrected chi connectivity index (χ0v) is 23.6. The first-order valence-corrected chi connectivity index (χ1v) is 14.8. The number of anilines is 4. The average molecular weight is 550 g/mol. The highest BCUT2D eigenvalue weighted by atomic mass is 32.2. The maximum absolute atomic E-state index is 12.3. The third kappa shape index (κ3) is 5.94. The van der Waals surface area contributed by atoms with Crippen LogP contribution in [0, 0.1) is 0 Å². The van der Waals surface area contributed by atoms with Gasteiger partial charge in [0, 0.05) is 55.3 Å². The Morgan fingerprint density at radius 3 is 2.51 bits per heavy atom. The van der Waals surface area contributed by atoms with Crippen LogP contribution in [0.4, 0.5) is 23.0 Å². The molecule has 0 amide bonds. The molecule has 0 spiro atoms. The number of ether oxygens (including phenoxy) is 1. The molecule has 206 valence electrons. The summed E-state index contributed by atoms with van der Waals surface area (Å²) >= 11 is 0. The quantitative estimate of drug-likeness (QED) is 0.325. The third-order valence-corrected chi connectivity index (χ3v) is 8.55. The van der Waals surface area contributed by atoms with E-state index in [-0.39, 0.29) is 0 Å². The first-order valence-electron chi connectivity index (χ1n) is 13.0. The van der Waals surface area contributed by atoms with Crippen LogP contribution in [-0.4, -0.2) is 69.5 Å². The number of benzene rings is 2. The molecule has 10 nitrogen and oxygen atoms in total. The second kappa shape index (κ2) is 11.1. The number of aromatic nitrogens is 3. The van der Waals surface area contributed by atoms with Gasteiger partial charge in [0.05, 0.1) is 25.6 Å². The monoisotopic (exact) mass is 549 g/mol. The second-order valence-corrected chi connectivity index (χ2v) is 11.9. The van der Waals surface area contributed by atoms with Gasteiger partial charge in [-0.1, -0.05) is 0 Å². The van der Waals surface area contributed by atoms with Gasteiger partial charge < -0.3 is 24.8 Å². The smallest absolute Gasteiger partial charge is 0.232 e. The van der Waals surface area contributed by atoms with Crippen LogP contribution >= 0.6 is 0 Å². The fraction of sp³-hybridized carbons (Fsp3) is 0.357. The van der Waals surface area contributed by atoms with Gasteiger partial charge in [0.25, 0.3) is 0 Å². The van der Waals surface area contributed by atoms with Crippen molar-refractivity contribution in [1.29, 1.82) is 0 Å². The van der Waals surface area contributed by atoms with Crippen molar-refractivity contribution < 1.29 is 13.2 Å². The summed E-state index contributed by atoms with van der Waals surface area (Å²) in [6.07, 6.45) is 7.20. The first kappa shape index (κ1) is 26.8. The van der Waals surface area contributed by atoms with Crippen LogP contribution in [0.2, 0.25) is 0 Å². The summed E-state index contributed by atoms with van der Waals surface area (Å²) in [7, 11) is 1.74. The molecule has 1 saturated heterocycles. The first-order chi connectivity index (χ1) is 18.7. The molecule has 2 N–H and O–H groups in total. The Kier molecular flexibility index (Phi) is 7.62. The maximum Gasteiger partial charge on any atom is 0.232 e. The van der Waals surface area contributed by atoms with Crippen molar-refractivity contribution in [2.75, 3.05) is 55.1 Å². The predicted octanol–water partition coefficient (Wildman–Crippen LogP) is 3.82. The molecule has 1 fully saturated rings. The standard InChI is InChI=1S/C28H35N7O3S/c1-29-22-12-15-34(16-13-22)24-7-5-23(6-8-24)31-28-30-18-20-11-14-35(27(20)32-28)19-21-17-25(38-3)9-10-26(21)33(2)39(4,36)37/h5-11,14,17-18,22,29H,12-13,15-16,19H2,1-4H3,(H,30,31,32). The summed E-state index contributed by atoms with van der Waals surface area (Å²) in [6, 6.07) is 16.3. The minimum absolute atomic E-state index is 0.408. The molecule has 3 heterocycles. The Hall–Kier alpha value is -3.83. The zero-order valence-electron chi connectivity index (χ0n) is 22.8. The van der Waals surface area contributed by atoms with Gasteiger partial charge in [0.2, 0.25) is 16.0 Å². The van der Waals surface area contributed by atoms with Gasteiger partial charge >= 0.3 is 0 Å². The number of rotatable bonds is 9. The largest absolute Gasteiger partial charge is 0.497 e. The topological polar surface area (TPSA) is 105 Å². The molecule has 2 aromatic carbocycles. The van der Waals surface area contributed by atoms with Crippen LogP contribution in [-0.2, 0) is 16.6 Å². The maximum atomic E-state index is 12.3. The highest BCUT2D eigenvalue weighted by molar-refractivity contribution is 7.92. The number of hydrogen-bond donors (Lipinski definition) is 2. The van der Waals surface area contributed by atoms with Crippen LogP contribution in [0.3, 0.4) is 0 Å². The normalized spacial score (nSPS) is 14.5. The SMILES string of the molecule is CNC1CCN(c2ccc(Nc3ncc4ccn(Cc5cc(OC)ccc5N(C)S(C)(=O)=O)c4n3)cc2)CC1. The van der Waals surface area contributed by atoms with E-state index in [1.165, 1.54) is 16.2 Å². The molecule has 4 aromatic rings. The summed E-state index contributed by atoms with van der Waals surface area (Å²) in [6.45, 7) is 2.50. The Labute approximate surface area is 229 Å². The van der Waals surface area contributed by atoms with E-state index < -0.39 is 10.0 Å². The number of nitrogens with zero attached hydrogens (tertiary/aromatic N) is 5. The van der Waals surface area contributed by atoms with E-state index in [2.05, 4.69) is 44.8 Å². The van der Waals surface area contributed by atoms with Gasteiger partial charge in [-0.2, -0.15) is 4.98 Å². The highest BCUT2D eigenvalue weighted by Gasteiger charge is 2.19. The molecule has 0 radical (unpaired) electrons. The molecule has 11 heteroatoms. The lowest BCUT2D eigenvalue weighted by atomic mass is 10.0. The van der Waals surface area contributed by atoms with Gasteiger partial charge in [0.1, 0.15) is 11.4 Å². The molecular formula is C28H35N7O3S. The summed E-state index contributed by atoms with van der Waals surface area (Å²) in [5.74, 6) is 1.14. The Morgan fingerprint density at radius 1 is 1.10 bits per heavy atom. The van der Waals surface area contributed by atoms with E-state index in [0.717, 1.165) is 48.2 Å². The lowest BCUT2D eigenvalue weighted by molar-refractivity contribution is 0.414. The third-order valence-electron chi connectivity index (χ3n) is 7.36. The van der Waals surface area contributed by atoms with Crippen LogP contribution in [0.25, 0.3) is 11.0 Å². The molecule has 0 aliphatic carbocycles. The summed E-state index contributed by atoms with van der Waals surface area (Å²) in [5.41, 5.74) is 4.25. The van der Waals surface area contributed by atoms with Gasteiger partial charge in [-0.3, -0.25) is 4.31 Å². The van der Waals surface area contributed by atoms with E-state index >= 15 is 0 Å². The molecule has 1 aliphatic heterocycles. The van der Waals surface area contributed by atoms with Crippen molar-refractivity contribution in [1.82, 2.24) is 19.9 Å². The second-order valence-electron chi connectivity index (χ2n) is 9.86. The number of nitrogens with one attached hydrogen (secondary N) is 2. The van der Waals surface area contributed by atoms with E-state index in [1.807, 2.05) is 29.9 Å². The zero-order chi connectivity index (χ0) is 27.6. The van der Waals surface area contributed by atoms with Gasteiger partial charge in [0.15, 0.2) is 0 Å². The van der Waals surface area contributed by atoms with E-state index in [0.29, 0.717) is 30.0 Å². The summed E-state index contributed by atoms with van der Waals surface area (Å²) < 4.78 is 33.2. The van der Waals surface area contributed by atoms with Crippen molar-refractivity contribution in [3.05, 3.63) is 66.5 Å². The molecular weight excluding hydrogens is 514 g/mol. The van der Waals surface area contributed by atoms with Crippen LogP contribution in [0.1, 0.15) is 18.4 Å². The van der Waals surface area contributed by atoms with Crippen LogP contribution in [0.5, 0.6) is 5.75 Å². The molecule has 1 aliphatic rings. The number of methoxy groups -OCH3 is 1. The molecule has 2 aromatic heterocycles. The Balaban J connectivity index is 1.36. The number of fused-ring (bicyclic) bond motifs is 1. The molecule has 0 unspecified atom stereocenters. The van der Waals surface area contributed by atoms with E-state index in [9.17, 15) is 8.42 Å². The average Bonchev–Trinajstić information content (AvgIpc) is 3.34. The van der Waals surface area contributed by atoms with Gasteiger partial charge in [-0.15, -0.1) is 0 Å². The predicted molar refractivity (Wildman–Crippen MR) is 157 cm³/mol. The summed E-state index contributed by atoms with van der Waals surface area (Å²) in [5, 5.41) is 7.58. The van der Waals surface area contributed by atoms with Crippen molar-refractivity contribution in [3.8, 4) is 5.75 Å². The molecule has 0 saturated carbocycles. The minimum Gasteiger partial charge on any atom is -0.497 e. The fourth-order valence-electron chi connectivity index (χ4n) is 4.95. The van der Waals surface area contributed by atoms with E-state index in [1.54, 1.807) is 32.5 Å². The molecule has 0 atom stereocenters. The number of piperidine rings is 1. The minimum atomic E-state index is -3.43. The van der Waals surface area contributed by atoms with Gasteiger partial charge in [-0.05, 0) is 74.0 Å². The molecule has 5 rings (SSSR count). The Bertz CT molecular complexity index is 1550. The van der Waals surface area contributed by atoms with E-state index in [4.69, 9.17) is 9.72 Å². The fourth-order valence-corrected chi connectivity index (χ4v) is 5.49. The molecule has 0 bridgehead atoms. The van der Waals surface area contributed by atoms with Crippen molar-refractivity contribution in [2.24, 2.45) is 0 Å². The van der Waals surface area contributed by atoms with Crippen LogP contribution < -0.4 is 24.6 Å². The van der Waals surface area contributed by atoms with Gasteiger partial charge in [-0.25, -0.2) is 13.4 Å². The van der Waals surface area contributed by atoms with Crippen molar-refractivity contribution in [3.63, 3.8) is 0 Å². The van der Waals surface area contributed by atoms with Crippen molar-refractivity contribution in [2.45, 2.75) is 25.4 Å². The van der Waals surface area contributed by atoms with Crippen LogP contribution in [0.15, 0.2) is 60.9 Å². The van der Waals surface area contributed by atoms with Crippen molar-refractivity contribution >= 4 is 44.1 Å². The number of hydrogen-bond acceptors (Lipinski definition) is 8. The summed E-state index contributed by atoms with van der Waals surface area (Å²) in [4.78, 5) is 11.7. The Morgan fingerprint density at radius 2 is 1.85 bits per heavy atom. The molecule has 39 heavy (non-hydrogen) atoms. The lowest BCUT2D eigenvalue weighted by Gasteiger charge is -2.33. The lowest BCUT2D eigenvalue weighted by Crippen LogP contribution is -2.41.